The van der Waals surface area contributed by atoms with Gasteiger partial charge >= 0.3 is 6.09 Å². The fraction of sp³-hybridized carbons (Fsp3) is 0.476. The van der Waals surface area contributed by atoms with E-state index in [0.29, 0.717) is 36.1 Å². The number of hydrogen-bond donors (Lipinski definition) is 0. The molecule has 0 spiro atoms. The minimum Gasteiger partial charge on any atom is -0.444 e. The number of rotatable bonds is 4. The van der Waals surface area contributed by atoms with E-state index in [0.717, 1.165) is 18.2 Å². The smallest absolute Gasteiger partial charge is 0.410 e. The van der Waals surface area contributed by atoms with E-state index in [2.05, 4.69) is 20.1 Å². The largest absolute Gasteiger partial charge is 0.444 e. The lowest BCUT2D eigenvalue weighted by molar-refractivity contribution is -0.0190. The normalized spacial score (nSPS) is 15.5. The highest BCUT2D eigenvalue weighted by atomic mass is 16.6. The molecule has 9 heteroatoms. The number of likely N-dealkylation sites (tertiary alicyclic amines) is 1. The molecule has 0 radical (unpaired) electrons. The van der Waals surface area contributed by atoms with Gasteiger partial charge in [0.25, 0.3) is 5.89 Å². The van der Waals surface area contributed by atoms with Crippen LogP contribution >= 0.6 is 0 Å². The Morgan fingerprint density at radius 3 is 2.77 bits per heavy atom. The number of piperidine rings is 1. The Morgan fingerprint density at radius 1 is 1.20 bits per heavy atom. The second-order valence-corrected chi connectivity index (χ2v) is 8.24. The van der Waals surface area contributed by atoms with Crippen molar-refractivity contribution < 1.29 is 18.8 Å². The average molecular weight is 411 g/mol. The minimum atomic E-state index is -0.489. The summed E-state index contributed by atoms with van der Waals surface area (Å²) in [5, 5.41) is 4.93. The molecule has 0 saturated carbocycles. The van der Waals surface area contributed by atoms with E-state index in [4.69, 9.17) is 14.0 Å². The first-order valence-corrected chi connectivity index (χ1v) is 10.0. The first kappa shape index (κ1) is 20.2. The number of aromatic nitrogens is 4. The van der Waals surface area contributed by atoms with Crippen LogP contribution in [0.2, 0.25) is 0 Å². The molecule has 3 aromatic heterocycles. The van der Waals surface area contributed by atoms with Gasteiger partial charge in [0.05, 0.1) is 6.10 Å². The Morgan fingerprint density at radius 2 is 2.00 bits per heavy atom. The van der Waals surface area contributed by atoms with Gasteiger partial charge in [0.15, 0.2) is 11.5 Å². The summed E-state index contributed by atoms with van der Waals surface area (Å²) in [4.78, 5) is 26.9. The molecule has 1 fully saturated rings. The average Bonchev–Trinajstić information content (AvgIpc) is 3.20. The van der Waals surface area contributed by atoms with Crippen LogP contribution in [0.1, 0.15) is 39.4 Å². The maximum Gasteiger partial charge on any atom is 0.410 e. The number of amides is 1. The number of fused-ring (bicyclic) bond motifs is 1. The van der Waals surface area contributed by atoms with Crippen LogP contribution < -0.4 is 0 Å². The molecule has 0 aliphatic carbocycles. The summed E-state index contributed by atoms with van der Waals surface area (Å²) in [5.74, 6) is 0.795. The van der Waals surface area contributed by atoms with Crippen molar-refractivity contribution in [2.45, 2.75) is 51.9 Å². The van der Waals surface area contributed by atoms with Crippen molar-refractivity contribution in [2.24, 2.45) is 0 Å². The number of hydrogen-bond acceptors (Lipinski definition) is 8. The van der Waals surface area contributed by atoms with E-state index in [1.165, 1.54) is 0 Å². The van der Waals surface area contributed by atoms with E-state index in [-0.39, 0.29) is 18.8 Å². The maximum absolute atomic E-state index is 12.1. The number of carbonyl (C=O) groups excluding carboxylic acids is 1. The van der Waals surface area contributed by atoms with Crippen molar-refractivity contribution in [1.29, 1.82) is 0 Å². The number of carbonyl (C=O) groups is 1. The van der Waals surface area contributed by atoms with Gasteiger partial charge in [0, 0.05) is 24.7 Å². The van der Waals surface area contributed by atoms with Crippen LogP contribution in [0, 0.1) is 0 Å². The van der Waals surface area contributed by atoms with Gasteiger partial charge in [-0.05, 0) is 57.9 Å². The molecule has 1 amide bonds. The fourth-order valence-corrected chi connectivity index (χ4v) is 3.21. The van der Waals surface area contributed by atoms with E-state index in [1.54, 1.807) is 11.1 Å². The van der Waals surface area contributed by atoms with Crippen molar-refractivity contribution in [2.75, 3.05) is 13.1 Å². The lowest BCUT2D eigenvalue weighted by Gasteiger charge is -2.33. The van der Waals surface area contributed by atoms with Crippen molar-refractivity contribution in [3.63, 3.8) is 0 Å². The highest BCUT2D eigenvalue weighted by molar-refractivity contribution is 5.76. The molecule has 4 rings (SSSR count). The zero-order valence-electron chi connectivity index (χ0n) is 17.4. The van der Waals surface area contributed by atoms with Crippen LogP contribution in [-0.2, 0) is 16.1 Å². The van der Waals surface area contributed by atoms with Gasteiger partial charge in [-0.15, -0.1) is 0 Å². The number of pyridine rings is 2. The van der Waals surface area contributed by atoms with Crippen LogP contribution in [0.4, 0.5) is 4.79 Å². The van der Waals surface area contributed by atoms with Crippen LogP contribution in [0.15, 0.2) is 35.0 Å². The molecule has 0 atom stereocenters. The molecule has 30 heavy (non-hydrogen) atoms. The summed E-state index contributed by atoms with van der Waals surface area (Å²) < 4.78 is 16.7. The third-order valence-electron chi connectivity index (χ3n) is 4.69. The summed E-state index contributed by atoms with van der Waals surface area (Å²) in [7, 11) is 0. The molecular weight excluding hydrogens is 386 g/mol. The summed E-state index contributed by atoms with van der Waals surface area (Å²) >= 11 is 0. The molecular formula is C21H25N5O4. The molecule has 1 aliphatic heterocycles. The van der Waals surface area contributed by atoms with Gasteiger partial charge < -0.3 is 18.9 Å². The topological polar surface area (TPSA) is 103 Å². The zero-order chi connectivity index (χ0) is 21.1. The standard InChI is InChI=1S/C21H25N5O4/c1-21(2,3)29-20(27)26-11-8-15(9-12-26)28-13-17-24-19(30-25-17)16-7-6-14-5-4-10-22-18(14)23-16/h4-7,10,15H,8-9,11-13H2,1-3H3. The SMILES string of the molecule is CC(C)(C)OC(=O)N1CCC(OCc2noc(-c3ccc4cccnc4n3)n2)CC1. The third kappa shape index (κ3) is 4.91. The Hall–Kier alpha value is -3.07. The molecule has 9 nitrogen and oxygen atoms in total. The fourth-order valence-electron chi connectivity index (χ4n) is 3.21. The molecule has 0 bridgehead atoms. The van der Waals surface area contributed by atoms with Gasteiger partial charge in [-0.25, -0.2) is 14.8 Å². The van der Waals surface area contributed by atoms with Gasteiger partial charge in [-0.3, -0.25) is 0 Å². The maximum atomic E-state index is 12.1. The first-order valence-electron chi connectivity index (χ1n) is 10.0. The number of nitrogens with zero attached hydrogens (tertiary/aromatic N) is 5. The highest BCUT2D eigenvalue weighted by Crippen LogP contribution is 2.20. The lowest BCUT2D eigenvalue weighted by atomic mass is 10.1. The zero-order valence-corrected chi connectivity index (χ0v) is 17.4. The van der Waals surface area contributed by atoms with Crippen LogP contribution in [0.25, 0.3) is 22.6 Å². The van der Waals surface area contributed by atoms with Crippen molar-refractivity contribution >= 4 is 17.1 Å². The molecule has 1 saturated heterocycles. The summed E-state index contributed by atoms with van der Waals surface area (Å²) in [6.45, 7) is 7.04. The Kier molecular flexibility index (Phi) is 5.63. The molecule has 0 unspecified atom stereocenters. The van der Waals surface area contributed by atoms with Gasteiger partial charge in [-0.2, -0.15) is 4.98 Å². The quantitative estimate of drug-likeness (QED) is 0.641. The first-order chi connectivity index (χ1) is 14.4. The monoisotopic (exact) mass is 411 g/mol. The molecule has 0 N–H and O–H groups in total. The van der Waals surface area contributed by atoms with E-state index in [9.17, 15) is 4.79 Å². The predicted octanol–water partition coefficient (Wildman–Crippen LogP) is 3.60. The van der Waals surface area contributed by atoms with Gasteiger partial charge in [-0.1, -0.05) is 5.16 Å². The molecule has 158 valence electrons. The Labute approximate surface area is 174 Å². The van der Waals surface area contributed by atoms with E-state index >= 15 is 0 Å². The number of ether oxygens (including phenoxy) is 2. The third-order valence-corrected chi connectivity index (χ3v) is 4.69. The van der Waals surface area contributed by atoms with Gasteiger partial charge in [0.2, 0.25) is 0 Å². The summed E-state index contributed by atoms with van der Waals surface area (Å²) in [6.07, 6.45) is 2.93. The highest BCUT2D eigenvalue weighted by Gasteiger charge is 2.27. The van der Waals surface area contributed by atoms with Crippen LogP contribution in [0.3, 0.4) is 0 Å². The van der Waals surface area contributed by atoms with Crippen molar-refractivity contribution in [3.8, 4) is 11.6 Å². The second-order valence-electron chi connectivity index (χ2n) is 8.24. The van der Waals surface area contributed by atoms with Crippen molar-refractivity contribution in [1.82, 2.24) is 25.0 Å². The van der Waals surface area contributed by atoms with E-state index in [1.807, 2.05) is 45.0 Å². The van der Waals surface area contributed by atoms with Crippen LogP contribution in [0.5, 0.6) is 0 Å². The van der Waals surface area contributed by atoms with E-state index < -0.39 is 5.60 Å². The van der Waals surface area contributed by atoms with Crippen LogP contribution in [-0.4, -0.2) is 55.9 Å². The Bertz CT molecular complexity index is 1020. The molecule has 3 aromatic rings. The lowest BCUT2D eigenvalue weighted by Crippen LogP contribution is -2.43. The summed E-state index contributed by atoms with van der Waals surface area (Å²) in [6, 6.07) is 7.56. The molecule has 1 aliphatic rings. The molecule has 4 heterocycles. The van der Waals surface area contributed by atoms with Gasteiger partial charge in [0.1, 0.15) is 17.9 Å². The second kappa shape index (κ2) is 8.35. The van der Waals surface area contributed by atoms with Crippen molar-refractivity contribution in [3.05, 3.63) is 36.3 Å². The summed E-state index contributed by atoms with van der Waals surface area (Å²) in [5.41, 5.74) is 0.713. The Balaban J connectivity index is 1.29. The molecule has 0 aromatic carbocycles. The minimum absolute atomic E-state index is 0.0358. The predicted molar refractivity (Wildman–Crippen MR) is 108 cm³/mol.